The number of nitrogens with zero attached hydrogens (tertiary/aromatic N) is 1. The van der Waals surface area contributed by atoms with Crippen molar-refractivity contribution in [3.05, 3.63) is 15.8 Å². The molecule has 0 saturated carbocycles. The second kappa shape index (κ2) is 6.13. The van der Waals surface area contributed by atoms with Crippen LogP contribution < -0.4 is 4.90 Å². The van der Waals surface area contributed by atoms with E-state index in [-0.39, 0.29) is 22.2 Å². The molecule has 1 aliphatic heterocycles. The fourth-order valence-electron chi connectivity index (χ4n) is 2.44. The highest BCUT2D eigenvalue weighted by molar-refractivity contribution is 7.15. The van der Waals surface area contributed by atoms with Crippen LogP contribution in [0.1, 0.15) is 61.5 Å². The summed E-state index contributed by atoms with van der Waals surface area (Å²) in [4.78, 5) is 26.2. The first-order valence-electron chi connectivity index (χ1n) is 7.41. The van der Waals surface area contributed by atoms with Crippen molar-refractivity contribution in [2.45, 2.75) is 53.0 Å². The Morgan fingerprint density at radius 2 is 2.14 bits per heavy atom. The number of carboxylic acids is 1. The van der Waals surface area contributed by atoms with Crippen molar-refractivity contribution in [1.82, 2.24) is 0 Å². The Balaban J connectivity index is 2.45. The van der Waals surface area contributed by atoms with Crippen LogP contribution in [0.3, 0.4) is 0 Å². The number of aromatic carboxylic acids is 1. The average molecular weight is 319 g/mol. The Hall–Kier alpha value is -1.80. The number of anilines is 1. The summed E-state index contributed by atoms with van der Waals surface area (Å²) in [5, 5.41) is 9.43. The highest BCUT2D eigenvalue weighted by atomic mass is 32.1. The molecule has 0 radical (unpaired) electrons. The van der Waals surface area contributed by atoms with Crippen LogP contribution in [-0.2, 0) is 4.79 Å². The van der Waals surface area contributed by atoms with Crippen LogP contribution >= 0.6 is 11.3 Å². The second-order valence-electron chi connectivity index (χ2n) is 6.64. The fraction of sp³-hybridized carbons (Fsp3) is 0.529. The van der Waals surface area contributed by atoms with Gasteiger partial charge in [-0.05, 0) is 46.6 Å². The van der Waals surface area contributed by atoms with Crippen LogP contribution in [-0.4, -0.2) is 23.0 Å². The molecule has 2 rings (SSSR count). The third kappa shape index (κ3) is 3.69. The lowest BCUT2D eigenvalue weighted by molar-refractivity contribution is -0.120. The van der Waals surface area contributed by atoms with E-state index < -0.39 is 5.97 Å². The summed E-state index contributed by atoms with van der Waals surface area (Å²) in [6, 6.07) is 1.77. The number of carboxylic acid groups (broad SMARTS) is 1. The van der Waals surface area contributed by atoms with Gasteiger partial charge in [0.15, 0.2) is 0 Å². The van der Waals surface area contributed by atoms with E-state index in [1.807, 2.05) is 27.7 Å². The summed E-state index contributed by atoms with van der Waals surface area (Å²) < 4.78 is 0. The largest absolute Gasteiger partial charge is 0.477 e. The normalized spacial score (nSPS) is 18.8. The lowest BCUT2D eigenvalue weighted by Crippen LogP contribution is -2.42. The molecule has 118 valence electrons. The van der Waals surface area contributed by atoms with Crippen LogP contribution in [0.2, 0.25) is 0 Å². The number of amides is 1. The molecule has 5 heteroatoms. The lowest BCUT2D eigenvalue weighted by atomic mass is 9.98. The third-order valence-corrected chi connectivity index (χ3v) is 4.48. The van der Waals surface area contributed by atoms with Crippen molar-refractivity contribution in [2.75, 3.05) is 4.90 Å². The molecule has 1 N–H and O–H groups in total. The SMILES string of the molecule is C[C@@H]1CCCC(=O)N1c1cc(C#CC(C)(C)C)sc1C(=O)O. The number of piperidine rings is 1. The van der Waals surface area contributed by atoms with Gasteiger partial charge in [0.25, 0.3) is 0 Å². The van der Waals surface area contributed by atoms with Crippen molar-refractivity contribution in [3.63, 3.8) is 0 Å². The number of hydrogen-bond donors (Lipinski definition) is 1. The molecule has 2 heterocycles. The second-order valence-corrected chi connectivity index (χ2v) is 7.69. The van der Waals surface area contributed by atoms with E-state index in [1.165, 1.54) is 0 Å². The summed E-state index contributed by atoms with van der Waals surface area (Å²) >= 11 is 1.14. The van der Waals surface area contributed by atoms with Crippen molar-refractivity contribution in [2.24, 2.45) is 5.41 Å². The van der Waals surface area contributed by atoms with E-state index >= 15 is 0 Å². The Morgan fingerprint density at radius 1 is 1.45 bits per heavy atom. The Bertz CT molecular complexity index is 658. The molecule has 1 aromatic heterocycles. The van der Waals surface area contributed by atoms with E-state index in [1.54, 1.807) is 11.0 Å². The van der Waals surface area contributed by atoms with Crippen molar-refractivity contribution >= 4 is 28.9 Å². The topological polar surface area (TPSA) is 57.6 Å². The predicted octanol–water partition coefficient (Wildman–Crippen LogP) is 3.75. The molecule has 1 atom stereocenters. The van der Waals surface area contributed by atoms with Gasteiger partial charge in [0, 0.05) is 17.9 Å². The average Bonchev–Trinajstić information content (AvgIpc) is 2.79. The van der Waals surface area contributed by atoms with Crippen LogP contribution in [0.15, 0.2) is 6.07 Å². The quantitative estimate of drug-likeness (QED) is 0.845. The monoisotopic (exact) mass is 319 g/mol. The minimum Gasteiger partial charge on any atom is -0.477 e. The molecule has 0 unspecified atom stereocenters. The van der Waals surface area contributed by atoms with Gasteiger partial charge in [-0.15, -0.1) is 11.3 Å². The smallest absolute Gasteiger partial charge is 0.348 e. The lowest BCUT2D eigenvalue weighted by Gasteiger charge is -2.33. The molecule has 1 saturated heterocycles. The molecule has 1 fully saturated rings. The first kappa shape index (κ1) is 16.6. The maximum atomic E-state index is 12.2. The van der Waals surface area contributed by atoms with Gasteiger partial charge in [0.2, 0.25) is 5.91 Å². The van der Waals surface area contributed by atoms with Crippen molar-refractivity contribution < 1.29 is 14.7 Å². The summed E-state index contributed by atoms with van der Waals surface area (Å²) in [6.07, 6.45) is 2.23. The van der Waals surface area contributed by atoms with Gasteiger partial charge in [-0.2, -0.15) is 0 Å². The van der Waals surface area contributed by atoms with Gasteiger partial charge in [-0.3, -0.25) is 4.79 Å². The summed E-state index contributed by atoms with van der Waals surface area (Å²) in [5.74, 6) is 5.13. The number of hydrogen-bond acceptors (Lipinski definition) is 3. The Labute approximate surface area is 135 Å². The molecular weight excluding hydrogens is 298 g/mol. The predicted molar refractivity (Wildman–Crippen MR) is 88.4 cm³/mol. The minimum atomic E-state index is -1.01. The van der Waals surface area contributed by atoms with Gasteiger partial charge in [0.05, 0.1) is 10.6 Å². The first-order valence-corrected chi connectivity index (χ1v) is 8.23. The zero-order valence-corrected chi connectivity index (χ0v) is 14.2. The van der Waals surface area contributed by atoms with Gasteiger partial charge >= 0.3 is 5.97 Å². The van der Waals surface area contributed by atoms with Crippen molar-refractivity contribution in [1.29, 1.82) is 0 Å². The molecule has 1 amide bonds. The molecule has 0 spiro atoms. The zero-order chi connectivity index (χ0) is 16.5. The molecule has 0 bridgehead atoms. The van der Waals surface area contributed by atoms with Crippen LogP contribution in [0, 0.1) is 17.3 Å². The van der Waals surface area contributed by atoms with E-state index in [0.29, 0.717) is 17.0 Å². The molecule has 1 aromatic rings. The van der Waals surface area contributed by atoms with Crippen molar-refractivity contribution in [3.8, 4) is 11.8 Å². The maximum absolute atomic E-state index is 12.2. The maximum Gasteiger partial charge on any atom is 0.348 e. The van der Waals surface area contributed by atoms with E-state index in [9.17, 15) is 14.7 Å². The summed E-state index contributed by atoms with van der Waals surface area (Å²) in [7, 11) is 0. The van der Waals surface area contributed by atoms with Gasteiger partial charge in [0.1, 0.15) is 4.88 Å². The van der Waals surface area contributed by atoms with Crippen LogP contribution in [0.4, 0.5) is 5.69 Å². The standard InChI is InChI=1S/C17H21NO3S/c1-11-6-5-7-14(19)18(11)13-10-12(8-9-17(2,3)4)22-15(13)16(20)21/h10-11H,5-7H2,1-4H3,(H,20,21)/t11-/m1/s1. The number of thiophene rings is 1. The summed E-state index contributed by atoms with van der Waals surface area (Å²) in [5.41, 5.74) is 0.342. The molecule has 0 aliphatic carbocycles. The molecular formula is C17H21NO3S. The molecule has 4 nitrogen and oxygen atoms in total. The molecule has 1 aliphatic rings. The van der Waals surface area contributed by atoms with Crippen LogP contribution in [0.25, 0.3) is 0 Å². The van der Waals surface area contributed by atoms with Gasteiger partial charge in [-0.1, -0.05) is 11.8 Å². The molecule has 22 heavy (non-hydrogen) atoms. The Morgan fingerprint density at radius 3 is 2.68 bits per heavy atom. The third-order valence-electron chi connectivity index (χ3n) is 3.45. The van der Waals surface area contributed by atoms with Gasteiger partial charge < -0.3 is 10.0 Å². The zero-order valence-electron chi connectivity index (χ0n) is 13.4. The Kier molecular flexibility index (Phi) is 4.62. The fourth-order valence-corrected chi connectivity index (χ4v) is 3.28. The number of rotatable bonds is 2. The van der Waals surface area contributed by atoms with Gasteiger partial charge in [-0.25, -0.2) is 4.79 Å². The highest BCUT2D eigenvalue weighted by Gasteiger charge is 2.30. The number of carbonyl (C=O) groups is 2. The first-order chi connectivity index (χ1) is 10.2. The van der Waals surface area contributed by atoms with E-state index in [0.717, 1.165) is 24.2 Å². The van der Waals surface area contributed by atoms with E-state index in [4.69, 9.17) is 0 Å². The minimum absolute atomic E-state index is 0.00520. The van der Waals surface area contributed by atoms with Crippen LogP contribution in [0.5, 0.6) is 0 Å². The summed E-state index contributed by atoms with van der Waals surface area (Å²) in [6.45, 7) is 7.97. The van der Waals surface area contributed by atoms with E-state index in [2.05, 4.69) is 11.8 Å². The number of carbonyl (C=O) groups excluding carboxylic acids is 1. The molecule has 0 aromatic carbocycles. The highest BCUT2D eigenvalue weighted by Crippen LogP contribution is 2.34.